The lowest BCUT2D eigenvalue weighted by atomic mass is 10.2. The molecular weight excluding hydrogens is 459 g/mol. The van der Waals surface area contributed by atoms with E-state index in [1.807, 2.05) is 0 Å². The average molecular weight is 478 g/mol. The summed E-state index contributed by atoms with van der Waals surface area (Å²) < 4.78 is 21.1. The van der Waals surface area contributed by atoms with Gasteiger partial charge >= 0.3 is 17.3 Å². The molecule has 11 nitrogen and oxygen atoms in total. The number of aromatic carboxylic acids is 1. The van der Waals surface area contributed by atoms with Crippen molar-refractivity contribution in [3.05, 3.63) is 98.7 Å². The Bertz CT molecular complexity index is 1470. The van der Waals surface area contributed by atoms with Crippen LogP contribution in [0.4, 0.5) is 16.0 Å². The molecule has 2 aromatic heterocycles. The molecule has 4 aromatic rings. The second-order valence-electron chi connectivity index (χ2n) is 7.27. The summed E-state index contributed by atoms with van der Waals surface area (Å²) in [5, 5.41) is 19.1. The fourth-order valence-corrected chi connectivity index (χ4v) is 3.15. The van der Waals surface area contributed by atoms with Crippen LogP contribution in [0.25, 0.3) is 0 Å². The Morgan fingerprint density at radius 2 is 1.71 bits per heavy atom. The highest BCUT2D eigenvalue weighted by Crippen LogP contribution is 2.22. The molecule has 0 aliphatic carbocycles. The van der Waals surface area contributed by atoms with Gasteiger partial charge in [0.25, 0.3) is 0 Å². The van der Waals surface area contributed by atoms with Gasteiger partial charge in [0.1, 0.15) is 11.6 Å². The van der Waals surface area contributed by atoms with Crippen LogP contribution < -0.4 is 21.4 Å². The molecule has 0 unspecified atom stereocenters. The van der Waals surface area contributed by atoms with Crippen molar-refractivity contribution in [2.24, 2.45) is 0 Å². The van der Waals surface area contributed by atoms with Crippen LogP contribution in [-0.4, -0.2) is 35.4 Å². The first-order valence-electron chi connectivity index (χ1n) is 10.4. The molecule has 0 aliphatic heterocycles. The second-order valence-corrected chi connectivity index (χ2v) is 7.27. The third-order valence-electron chi connectivity index (χ3n) is 4.91. The summed E-state index contributed by atoms with van der Waals surface area (Å²) in [5.74, 6) is -1.07. The summed E-state index contributed by atoms with van der Waals surface area (Å²) in [6.07, 6.45) is 0. The molecule has 0 saturated carbocycles. The minimum absolute atomic E-state index is 0.0258. The Hall–Kier alpha value is -4.87. The Labute approximate surface area is 197 Å². The fourth-order valence-electron chi connectivity index (χ4n) is 3.15. The van der Waals surface area contributed by atoms with Crippen LogP contribution >= 0.6 is 0 Å². The van der Waals surface area contributed by atoms with Crippen molar-refractivity contribution in [2.75, 3.05) is 5.32 Å². The number of benzene rings is 2. The normalized spacial score (nSPS) is 10.7. The van der Waals surface area contributed by atoms with Crippen LogP contribution in [0.15, 0.2) is 70.3 Å². The third-order valence-corrected chi connectivity index (χ3v) is 4.91. The van der Waals surface area contributed by atoms with Gasteiger partial charge in [0.05, 0.1) is 6.54 Å². The van der Waals surface area contributed by atoms with E-state index in [4.69, 9.17) is 9.84 Å². The van der Waals surface area contributed by atoms with Gasteiger partial charge in [0.15, 0.2) is 5.69 Å². The lowest BCUT2D eigenvalue weighted by Crippen LogP contribution is -2.42. The molecule has 12 heteroatoms. The number of aromatic nitrogens is 5. The molecule has 178 valence electrons. The summed E-state index contributed by atoms with van der Waals surface area (Å²) in [6.45, 7) is 1.88. The van der Waals surface area contributed by atoms with Crippen LogP contribution in [0.2, 0.25) is 0 Å². The number of nitrogens with one attached hydrogen (secondary N) is 1. The monoisotopic (exact) mass is 478 g/mol. The van der Waals surface area contributed by atoms with Crippen LogP contribution in [0, 0.1) is 5.82 Å². The zero-order chi connectivity index (χ0) is 24.9. The van der Waals surface area contributed by atoms with E-state index in [0.717, 1.165) is 4.57 Å². The van der Waals surface area contributed by atoms with Crippen molar-refractivity contribution in [1.82, 2.24) is 24.3 Å². The van der Waals surface area contributed by atoms with Crippen molar-refractivity contribution in [1.29, 1.82) is 0 Å². The summed E-state index contributed by atoms with van der Waals surface area (Å²) >= 11 is 0. The van der Waals surface area contributed by atoms with Crippen LogP contribution in [-0.2, 0) is 13.1 Å². The molecule has 35 heavy (non-hydrogen) atoms. The molecule has 0 fully saturated rings. The van der Waals surface area contributed by atoms with Crippen molar-refractivity contribution in [2.45, 2.75) is 20.0 Å². The van der Waals surface area contributed by atoms with E-state index in [0.29, 0.717) is 17.0 Å². The molecule has 4 rings (SSSR count). The number of hydrogen-bond donors (Lipinski definition) is 2. The molecule has 0 aliphatic rings. The number of anilines is 2. The minimum atomic E-state index is -1.20. The molecule has 0 amide bonds. The Kier molecular flexibility index (Phi) is 6.62. The Morgan fingerprint density at radius 3 is 2.31 bits per heavy atom. The van der Waals surface area contributed by atoms with Gasteiger partial charge in [0, 0.05) is 18.3 Å². The number of halogens is 1. The number of carboxylic acids is 1. The number of ether oxygens (including phenoxy) is 1. The van der Waals surface area contributed by atoms with E-state index in [1.165, 1.54) is 28.8 Å². The lowest BCUT2D eigenvalue weighted by Gasteiger charge is -2.15. The van der Waals surface area contributed by atoms with Gasteiger partial charge in [-0.05, 0) is 55.0 Å². The van der Waals surface area contributed by atoms with Gasteiger partial charge in [-0.2, -0.15) is 4.98 Å². The topological polar surface area (TPSA) is 141 Å². The molecule has 2 heterocycles. The molecule has 0 bridgehead atoms. The SMILES string of the molecule is CCn1c(=O)nc(Nc2ccc(Oc3ccc(C(=O)O)nn3)cc2)n(Cc2ccc(F)cc2)c1=O. The molecule has 0 saturated heterocycles. The van der Waals surface area contributed by atoms with E-state index >= 15 is 0 Å². The number of rotatable bonds is 8. The molecule has 0 spiro atoms. The number of carbonyl (C=O) groups is 1. The highest BCUT2D eigenvalue weighted by Gasteiger charge is 2.14. The fraction of sp³-hybridized carbons (Fsp3) is 0.130. The second kappa shape index (κ2) is 9.95. The van der Waals surface area contributed by atoms with Crippen molar-refractivity contribution < 1.29 is 19.0 Å². The first-order valence-corrected chi connectivity index (χ1v) is 10.4. The molecule has 2 N–H and O–H groups in total. The quantitative estimate of drug-likeness (QED) is 0.391. The Morgan fingerprint density at radius 1 is 1.00 bits per heavy atom. The Balaban J connectivity index is 1.58. The standard InChI is InChI=1S/C23H19FN6O5/c1-2-29-22(33)26-21(30(23(29)34)13-14-3-5-15(24)6-4-14)25-16-7-9-17(10-8-16)35-19-12-11-18(20(31)32)27-28-19/h3-12H,2,13H2,1H3,(H,31,32)(H,25,26,33). The van der Waals surface area contributed by atoms with Crippen LogP contribution in [0.1, 0.15) is 23.0 Å². The lowest BCUT2D eigenvalue weighted by molar-refractivity contribution is 0.0689. The zero-order valence-electron chi connectivity index (χ0n) is 18.4. The summed E-state index contributed by atoms with van der Waals surface area (Å²) in [6, 6.07) is 14.8. The van der Waals surface area contributed by atoms with E-state index in [2.05, 4.69) is 20.5 Å². The van der Waals surface area contributed by atoms with Crippen molar-refractivity contribution in [3.8, 4) is 11.6 Å². The van der Waals surface area contributed by atoms with Gasteiger partial charge in [-0.3, -0.25) is 4.57 Å². The zero-order valence-corrected chi connectivity index (χ0v) is 18.4. The number of nitrogens with zero attached hydrogens (tertiary/aromatic N) is 5. The van der Waals surface area contributed by atoms with Gasteiger partial charge in [-0.25, -0.2) is 23.3 Å². The highest BCUT2D eigenvalue weighted by molar-refractivity contribution is 5.84. The maximum absolute atomic E-state index is 13.3. The maximum atomic E-state index is 13.3. The largest absolute Gasteiger partial charge is 0.476 e. The highest BCUT2D eigenvalue weighted by atomic mass is 19.1. The predicted molar refractivity (Wildman–Crippen MR) is 123 cm³/mol. The maximum Gasteiger partial charge on any atom is 0.356 e. The van der Waals surface area contributed by atoms with E-state index < -0.39 is 23.2 Å². The first-order chi connectivity index (χ1) is 16.8. The first kappa shape index (κ1) is 23.3. The molecule has 2 aromatic carbocycles. The molecular formula is C23H19FN6O5. The van der Waals surface area contributed by atoms with Crippen LogP contribution in [0.3, 0.4) is 0 Å². The van der Waals surface area contributed by atoms with E-state index in [9.17, 15) is 18.8 Å². The third kappa shape index (κ3) is 5.38. The van der Waals surface area contributed by atoms with Gasteiger partial charge < -0.3 is 15.2 Å². The number of hydrogen-bond acceptors (Lipinski definition) is 8. The smallest absolute Gasteiger partial charge is 0.356 e. The van der Waals surface area contributed by atoms with E-state index in [1.54, 1.807) is 43.3 Å². The average Bonchev–Trinajstić information content (AvgIpc) is 2.84. The summed E-state index contributed by atoms with van der Waals surface area (Å²) in [7, 11) is 0. The minimum Gasteiger partial charge on any atom is -0.476 e. The summed E-state index contributed by atoms with van der Waals surface area (Å²) in [5.41, 5.74) is -0.293. The number of carboxylic acid groups (broad SMARTS) is 1. The summed E-state index contributed by atoms with van der Waals surface area (Å²) in [4.78, 5) is 40.1. The van der Waals surface area contributed by atoms with Crippen LogP contribution in [0.5, 0.6) is 11.6 Å². The molecule has 0 atom stereocenters. The van der Waals surface area contributed by atoms with Gasteiger partial charge in [-0.1, -0.05) is 12.1 Å². The molecule has 0 radical (unpaired) electrons. The van der Waals surface area contributed by atoms with Crippen molar-refractivity contribution in [3.63, 3.8) is 0 Å². The predicted octanol–water partition coefficient (Wildman–Crippen LogP) is 2.64. The van der Waals surface area contributed by atoms with E-state index in [-0.39, 0.29) is 30.6 Å². The van der Waals surface area contributed by atoms with Crippen molar-refractivity contribution >= 4 is 17.6 Å². The van der Waals surface area contributed by atoms with Gasteiger partial charge in [0.2, 0.25) is 11.8 Å². The van der Waals surface area contributed by atoms with Gasteiger partial charge in [-0.15, -0.1) is 10.2 Å².